The lowest BCUT2D eigenvalue weighted by molar-refractivity contribution is -0.438. The van der Waals surface area contributed by atoms with Crippen LogP contribution < -0.4 is 0 Å². The number of aliphatic carboxylic acids is 1. The first-order valence-electron chi connectivity index (χ1n) is 9.73. The van der Waals surface area contributed by atoms with E-state index < -0.39 is 22.6 Å². The molecule has 2 heterocycles. The van der Waals surface area contributed by atoms with Crippen LogP contribution in [0, 0.1) is 22.7 Å². The van der Waals surface area contributed by atoms with Crippen molar-refractivity contribution < 1.29 is 29.8 Å². The number of hydrogen-bond donors (Lipinski definition) is 2. The molecule has 26 heavy (non-hydrogen) atoms. The highest BCUT2D eigenvalue weighted by Crippen LogP contribution is 2.67. The monoisotopic (exact) mass is 366 g/mol. The van der Waals surface area contributed by atoms with Crippen LogP contribution in [0.4, 0.5) is 0 Å². The third-order valence-electron chi connectivity index (χ3n) is 8.11. The molecule has 6 nitrogen and oxygen atoms in total. The maximum atomic E-state index is 12.1. The SMILES string of the molecule is CC(C)(OO)C1=C[C@@]23CC[C@@H]4[C@](C)(CCC[C@@]4(C)C(=O)O)[C@H]2C[C@@H]1OO3. The molecular weight excluding hydrogens is 336 g/mol. The summed E-state index contributed by atoms with van der Waals surface area (Å²) in [6, 6.07) is 0. The Balaban J connectivity index is 1.76. The standard InChI is InChI=1S/C20H30O6/c1-17(2,25-23)12-11-20-9-6-14-18(3,15(20)10-13(12)24-26-20)7-5-8-19(14,4)16(21)22/h11,13-15,23H,5-10H2,1-4H3,(H,21,22)/t13-,14+,15+,18-,19+,20-/m0/s1. The van der Waals surface area contributed by atoms with Crippen LogP contribution in [0.5, 0.6) is 0 Å². The molecule has 2 N–H and O–H groups in total. The molecule has 2 bridgehead atoms. The number of carboxylic acid groups (broad SMARTS) is 1. The minimum absolute atomic E-state index is 0.0993. The highest BCUT2D eigenvalue weighted by molar-refractivity contribution is 5.75. The molecule has 3 aliphatic carbocycles. The Bertz CT molecular complexity index is 657. The van der Waals surface area contributed by atoms with Crippen LogP contribution >= 0.6 is 0 Å². The van der Waals surface area contributed by atoms with Gasteiger partial charge in [0.1, 0.15) is 17.3 Å². The smallest absolute Gasteiger partial charge is 0.309 e. The lowest BCUT2D eigenvalue weighted by atomic mass is 9.43. The van der Waals surface area contributed by atoms with Gasteiger partial charge in [0.05, 0.1) is 5.41 Å². The van der Waals surface area contributed by atoms with Crippen molar-refractivity contribution in [3.8, 4) is 0 Å². The fourth-order valence-electron chi connectivity index (χ4n) is 6.65. The molecule has 5 aliphatic rings. The largest absolute Gasteiger partial charge is 0.481 e. The first-order chi connectivity index (χ1) is 12.1. The van der Waals surface area contributed by atoms with E-state index >= 15 is 0 Å². The minimum Gasteiger partial charge on any atom is -0.481 e. The van der Waals surface area contributed by atoms with Crippen LogP contribution in [0.15, 0.2) is 11.6 Å². The Morgan fingerprint density at radius 3 is 2.65 bits per heavy atom. The highest BCUT2D eigenvalue weighted by atomic mass is 17.2. The molecule has 0 aromatic heterocycles. The Hall–Kier alpha value is -0.950. The molecule has 0 aromatic carbocycles. The molecule has 0 unspecified atom stereocenters. The zero-order valence-electron chi connectivity index (χ0n) is 16.1. The van der Waals surface area contributed by atoms with Crippen molar-refractivity contribution in [3.63, 3.8) is 0 Å². The normalized spacial score (nSPS) is 47.7. The summed E-state index contributed by atoms with van der Waals surface area (Å²) in [5, 5.41) is 19.3. The van der Waals surface area contributed by atoms with Gasteiger partial charge in [-0.15, -0.1) is 0 Å². The average molecular weight is 366 g/mol. The van der Waals surface area contributed by atoms with Crippen LogP contribution in [-0.4, -0.2) is 33.6 Å². The van der Waals surface area contributed by atoms with E-state index in [0.717, 1.165) is 44.1 Å². The van der Waals surface area contributed by atoms with E-state index in [2.05, 4.69) is 13.0 Å². The fourth-order valence-corrected chi connectivity index (χ4v) is 6.65. The van der Waals surface area contributed by atoms with Gasteiger partial charge in [0.2, 0.25) is 0 Å². The van der Waals surface area contributed by atoms with Crippen molar-refractivity contribution in [1.82, 2.24) is 0 Å². The lowest BCUT2D eigenvalue weighted by Crippen LogP contribution is -2.65. The highest BCUT2D eigenvalue weighted by Gasteiger charge is 2.67. The van der Waals surface area contributed by atoms with Crippen LogP contribution in [0.3, 0.4) is 0 Å². The second kappa shape index (κ2) is 5.53. The lowest BCUT2D eigenvalue weighted by Gasteiger charge is -2.65. The van der Waals surface area contributed by atoms with Crippen molar-refractivity contribution in [2.45, 2.75) is 83.5 Å². The molecule has 0 amide bonds. The summed E-state index contributed by atoms with van der Waals surface area (Å²) in [6.45, 7) is 7.83. The number of fused-ring (bicyclic) bond motifs is 2. The van der Waals surface area contributed by atoms with Gasteiger partial charge in [-0.25, -0.2) is 14.7 Å². The maximum Gasteiger partial charge on any atom is 0.309 e. The van der Waals surface area contributed by atoms with Gasteiger partial charge in [-0.2, -0.15) is 0 Å². The molecule has 5 rings (SSSR count). The average Bonchev–Trinajstić information content (AvgIpc) is 2.61. The van der Waals surface area contributed by atoms with Crippen LogP contribution in [0.25, 0.3) is 0 Å². The number of rotatable bonds is 3. The Kier molecular flexibility index (Phi) is 3.92. The van der Waals surface area contributed by atoms with Gasteiger partial charge in [-0.3, -0.25) is 10.1 Å². The number of carbonyl (C=O) groups is 1. The number of carboxylic acids is 1. The van der Waals surface area contributed by atoms with Gasteiger partial charge in [0.15, 0.2) is 0 Å². The zero-order chi connectivity index (χ0) is 19.0. The number of hydrogen-bond acceptors (Lipinski definition) is 5. The Morgan fingerprint density at radius 1 is 1.27 bits per heavy atom. The summed E-state index contributed by atoms with van der Waals surface area (Å²) in [5.74, 6) is -0.322. The van der Waals surface area contributed by atoms with E-state index in [4.69, 9.17) is 14.7 Å². The molecule has 2 saturated carbocycles. The summed E-state index contributed by atoms with van der Waals surface area (Å²) in [5.41, 5.74) is -1.24. The summed E-state index contributed by atoms with van der Waals surface area (Å²) in [7, 11) is 0. The molecule has 0 radical (unpaired) electrons. The predicted molar refractivity (Wildman–Crippen MR) is 93.1 cm³/mol. The molecule has 2 aliphatic heterocycles. The van der Waals surface area contributed by atoms with E-state index in [0.29, 0.717) is 0 Å². The Labute approximate surface area is 154 Å². The van der Waals surface area contributed by atoms with Gasteiger partial charge < -0.3 is 5.11 Å². The van der Waals surface area contributed by atoms with Gasteiger partial charge in [-0.1, -0.05) is 13.3 Å². The quantitative estimate of drug-likeness (QED) is 0.447. The molecule has 0 aromatic rings. The third-order valence-corrected chi connectivity index (χ3v) is 8.11. The molecule has 1 saturated heterocycles. The summed E-state index contributed by atoms with van der Waals surface area (Å²) in [6.07, 6.45) is 6.85. The van der Waals surface area contributed by atoms with Gasteiger partial charge >= 0.3 is 5.97 Å². The van der Waals surface area contributed by atoms with Gasteiger partial charge in [0, 0.05) is 5.92 Å². The van der Waals surface area contributed by atoms with Gasteiger partial charge in [0.25, 0.3) is 0 Å². The van der Waals surface area contributed by atoms with Crippen molar-refractivity contribution in [3.05, 3.63) is 11.6 Å². The van der Waals surface area contributed by atoms with E-state index in [1.54, 1.807) is 0 Å². The second-order valence-electron chi connectivity index (χ2n) is 9.79. The fraction of sp³-hybridized carbons (Fsp3) is 0.850. The van der Waals surface area contributed by atoms with Crippen molar-refractivity contribution in [1.29, 1.82) is 0 Å². The first-order valence-corrected chi connectivity index (χ1v) is 9.73. The molecule has 6 heteroatoms. The maximum absolute atomic E-state index is 12.1. The molecule has 6 atom stereocenters. The van der Waals surface area contributed by atoms with E-state index in [1.807, 2.05) is 20.8 Å². The van der Waals surface area contributed by atoms with E-state index in [1.165, 1.54) is 0 Å². The topological polar surface area (TPSA) is 85.2 Å². The van der Waals surface area contributed by atoms with E-state index in [-0.39, 0.29) is 23.4 Å². The molecule has 146 valence electrons. The Morgan fingerprint density at radius 2 is 2.00 bits per heavy atom. The van der Waals surface area contributed by atoms with E-state index in [9.17, 15) is 15.2 Å². The van der Waals surface area contributed by atoms with Crippen molar-refractivity contribution >= 4 is 5.97 Å². The van der Waals surface area contributed by atoms with Crippen LogP contribution in [0.2, 0.25) is 0 Å². The first kappa shape index (κ1) is 18.4. The zero-order valence-corrected chi connectivity index (χ0v) is 16.1. The summed E-state index contributed by atoms with van der Waals surface area (Å²) in [4.78, 5) is 28.4. The summed E-state index contributed by atoms with van der Waals surface area (Å²) < 4.78 is 0. The molecule has 1 spiro atoms. The predicted octanol–water partition coefficient (Wildman–Crippen LogP) is 3.96. The third kappa shape index (κ3) is 2.22. The molecule has 3 fully saturated rings. The van der Waals surface area contributed by atoms with Crippen molar-refractivity contribution in [2.75, 3.05) is 0 Å². The van der Waals surface area contributed by atoms with Gasteiger partial charge in [-0.05, 0) is 75.9 Å². The summed E-state index contributed by atoms with van der Waals surface area (Å²) >= 11 is 0. The minimum atomic E-state index is -0.827. The van der Waals surface area contributed by atoms with Crippen molar-refractivity contribution in [2.24, 2.45) is 22.7 Å². The molecular formula is C20H30O6. The second-order valence-corrected chi connectivity index (χ2v) is 9.79. The van der Waals surface area contributed by atoms with Crippen LogP contribution in [0.1, 0.15) is 66.2 Å². The van der Waals surface area contributed by atoms with Crippen LogP contribution in [-0.2, 0) is 19.5 Å².